The van der Waals surface area contributed by atoms with Crippen molar-refractivity contribution in [3.63, 3.8) is 0 Å². The summed E-state index contributed by atoms with van der Waals surface area (Å²) in [5.74, 6) is 6.82. The first-order chi connectivity index (χ1) is 9.05. The third kappa shape index (κ3) is 3.29. The molecule has 0 aromatic carbocycles. The Balaban J connectivity index is 3.18. The Morgan fingerprint density at radius 3 is 2.05 bits per heavy atom. The van der Waals surface area contributed by atoms with E-state index in [1.807, 2.05) is 6.92 Å². The number of nitrogens with one attached hydrogen (secondary N) is 2. The van der Waals surface area contributed by atoms with Crippen molar-refractivity contribution in [3.05, 3.63) is 11.4 Å². The predicted molar refractivity (Wildman–Crippen MR) is 71.6 cm³/mol. The first-order valence-electron chi connectivity index (χ1n) is 6.00. The van der Waals surface area contributed by atoms with Crippen LogP contribution in [0.25, 0.3) is 0 Å². The van der Waals surface area contributed by atoms with Gasteiger partial charge in [-0.3, -0.25) is 0 Å². The van der Waals surface area contributed by atoms with Gasteiger partial charge >= 0.3 is 0 Å². The van der Waals surface area contributed by atoms with Gasteiger partial charge in [0.1, 0.15) is 23.0 Å². The van der Waals surface area contributed by atoms with Crippen molar-refractivity contribution in [3.8, 4) is 0 Å². The number of rotatable bonds is 7. The summed E-state index contributed by atoms with van der Waals surface area (Å²) in [6, 6.07) is 0. The number of hydrazine groups is 1. The minimum atomic E-state index is -1.24. The first kappa shape index (κ1) is 15.6. The molecule has 0 aliphatic rings. The highest BCUT2D eigenvalue weighted by atomic mass is 16.3. The lowest BCUT2D eigenvalue weighted by Crippen LogP contribution is -2.49. The average Bonchev–Trinajstić information content (AvgIpc) is 2.46. The Hall–Kier alpha value is -1.48. The van der Waals surface area contributed by atoms with Crippen molar-refractivity contribution in [2.24, 2.45) is 5.84 Å². The number of aryl methyl sites for hydroxylation is 1. The van der Waals surface area contributed by atoms with E-state index in [1.54, 1.807) is 6.92 Å². The smallest absolute Gasteiger partial charge is 0.148 e. The number of hydrogen-bond acceptors (Lipinski definition) is 8. The van der Waals surface area contributed by atoms with E-state index in [2.05, 4.69) is 20.7 Å². The minimum Gasteiger partial charge on any atom is -0.394 e. The van der Waals surface area contributed by atoms with Crippen LogP contribution < -0.4 is 16.6 Å². The van der Waals surface area contributed by atoms with Crippen LogP contribution in [0.4, 0.5) is 11.6 Å². The average molecular weight is 271 g/mol. The van der Waals surface area contributed by atoms with Crippen LogP contribution in [0.5, 0.6) is 0 Å². The molecule has 8 nitrogen and oxygen atoms in total. The minimum absolute atomic E-state index is 0.414. The van der Waals surface area contributed by atoms with Gasteiger partial charge in [0.25, 0.3) is 0 Å². The van der Waals surface area contributed by atoms with Crippen LogP contribution >= 0.6 is 0 Å². The van der Waals surface area contributed by atoms with Crippen LogP contribution in [0.15, 0.2) is 0 Å². The second-order valence-electron chi connectivity index (χ2n) is 4.34. The maximum atomic E-state index is 9.32. The Bertz CT molecular complexity index is 415. The number of aliphatic hydroxyl groups is 3. The van der Waals surface area contributed by atoms with E-state index in [9.17, 15) is 15.3 Å². The number of nitrogens with two attached hydrogens (primary N) is 1. The molecule has 0 radical (unpaired) electrons. The highest BCUT2D eigenvalue weighted by Gasteiger charge is 2.29. The van der Waals surface area contributed by atoms with Gasteiger partial charge in [-0.05, 0) is 6.92 Å². The van der Waals surface area contributed by atoms with Gasteiger partial charge in [0.2, 0.25) is 0 Å². The van der Waals surface area contributed by atoms with Crippen molar-refractivity contribution >= 4 is 11.6 Å². The maximum Gasteiger partial charge on any atom is 0.148 e. The maximum absolute atomic E-state index is 9.32. The van der Waals surface area contributed by atoms with Crippen molar-refractivity contribution in [2.45, 2.75) is 25.8 Å². The standard InChI is InChI=1S/C11H21N5O3/c1-3-8-13-9(7(2)10(14-8)16-12)15-11(4-17,5-18)6-19/h17-19H,3-6,12H2,1-2H3,(H2,13,14,15,16). The van der Waals surface area contributed by atoms with Crippen LogP contribution in [0, 0.1) is 6.92 Å². The van der Waals surface area contributed by atoms with Crippen LogP contribution in [-0.4, -0.2) is 50.6 Å². The number of aromatic nitrogens is 2. The topological polar surface area (TPSA) is 137 Å². The Labute approximate surface area is 111 Å². The largest absolute Gasteiger partial charge is 0.394 e. The molecular weight excluding hydrogens is 250 g/mol. The normalized spacial score (nSPS) is 11.5. The molecule has 0 saturated carbocycles. The summed E-state index contributed by atoms with van der Waals surface area (Å²) in [4.78, 5) is 8.48. The van der Waals surface area contributed by atoms with Gasteiger partial charge in [0.15, 0.2) is 0 Å². The molecule has 1 rings (SSSR count). The van der Waals surface area contributed by atoms with Gasteiger partial charge in [0, 0.05) is 12.0 Å². The molecule has 0 saturated heterocycles. The highest BCUT2D eigenvalue weighted by Crippen LogP contribution is 2.22. The monoisotopic (exact) mass is 271 g/mol. The van der Waals surface area contributed by atoms with Crippen LogP contribution in [0.3, 0.4) is 0 Å². The fraction of sp³-hybridized carbons (Fsp3) is 0.636. The van der Waals surface area contributed by atoms with E-state index in [1.165, 1.54) is 0 Å². The number of nitrogen functional groups attached to an aromatic ring is 1. The lowest BCUT2D eigenvalue weighted by Gasteiger charge is -2.30. The molecule has 8 heteroatoms. The van der Waals surface area contributed by atoms with Crippen molar-refractivity contribution in [1.29, 1.82) is 0 Å². The van der Waals surface area contributed by atoms with Gasteiger partial charge in [-0.25, -0.2) is 15.8 Å². The predicted octanol–water partition coefficient (Wildman–Crippen LogP) is -1.24. The number of hydrogen-bond donors (Lipinski definition) is 6. The summed E-state index contributed by atoms with van der Waals surface area (Å²) in [5, 5.41) is 30.8. The summed E-state index contributed by atoms with van der Waals surface area (Å²) in [5.41, 5.74) is 1.87. The third-order valence-corrected chi connectivity index (χ3v) is 2.94. The molecule has 0 atom stereocenters. The molecule has 1 heterocycles. The van der Waals surface area contributed by atoms with Gasteiger partial charge in [0.05, 0.1) is 19.8 Å². The zero-order valence-corrected chi connectivity index (χ0v) is 11.1. The van der Waals surface area contributed by atoms with Crippen molar-refractivity contribution in [2.75, 3.05) is 30.6 Å². The fourth-order valence-electron chi connectivity index (χ4n) is 1.50. The van der Waals surface area contributed by atoms with Crippen LogP contribution in [0.1, 0.15) is 18.3 Å². The molecule has 0 unspecified atom stereocenters. The summed E-state index contributed by atoms with van der Waals surface area (Å²) in [7, 11) is 0. The highest BCUT2D eigenvalue weighted by molar-refractivity contribution is 5.57. The molecule has 19 heavy (non-hydrogen) atoms. The second kappa shape index (κ2) is 6.62. The van der Waals surface area contributed by atoms with Gasteiger partial charge < -0.3 is 26.1 Å². The molecule has 0 aliphatic carbocycles. The zero-order chi connectivity index (χ0) is 14.5. The van der Waals surface area contributed by atoms with E-state index in [0.717, 1.165) is 0 Å². The summed E-state index contributed by atoms with van der Waals surface area (Å²) in [6.07, 6.45) is 0.605. The third-order valence-electron chi connectivity index (χ3n) is 2.94. The number of anilines is 2. The van der Waals surface area contributed by atoms with E-state index >= 15 is 0 Å². The van der Waals surface area contributed by atoms with Crippen molar-refractivity contribution in [1.82, 2.24) is 9.97 Å². The van der Waals surface area contributed by atoms with Crippen LogP contribution in [-0.2, 0) is 6.42 Å². The van der Waals surface area contributed by atoms with E-state index < -0.39 is 25.4 Å². The quantitative estimate of drug-likeness (QED) is 0.268. The molecule has 0 bridgehead atoms. The molecule has 0 spiro atoms. The second-order valence-corrected chi connectivity index (χ2v) is 4.34. The van der Waals surface area contributed by atoms with Gasteiger partial charge in [-0.1, -0.05) is 6.92 Å². The summed E-state index contributed by atoms with van der Waals surface area (Å²) in [6.45, 7) is 2.34. The molecule has 1 aromatic heterocycles. The molecule has 7 N–H and O–H groups in total. The molecule has 1 aromatic rings. The van der Waals surface area contributed by atoms with Gasteiger partial charge in [-0.2, -0.15) is 0 Å². The molecule has 0 aliphatic heterocycles. The van der Waals surface area contributed by atoms with E-state index in [-0.39, 0.29) is 0 Å². The first-order valence-corrected chi connectivity index (χ1v) is 6.00. The van der Waals surface area contributed by atoms with Crippen LogP contribution in [0.2, 0.25) is 0 Å². The fourth-order valence-corrected chi connectivity index (χ4v) is 1.50. The Morgan fingerprint density at radius 2 is 1.63 bits per heavy atom. The van der Waals surface area contributed by atoms with Gasteiger partial charge in [-0.15, -0.1) is 0 Å². The van der Waals surface area contributed by atoms with Crippen molar-refractivity contribution < 1.29 is 15.3 Å². The molecular formula is C11H21N5O3. The van der Waals surface area contributed by atoms with E-state index in [4.69, 9.17) is 5.84 Å². The lowest BCUT2D eigenvalue weighted by atomic mass is 10.0. The number of aliphatic hydroxyl groups excluding tert-OH is 3. The molecule has 108 valence electrons. The lowest BCUT2D eigenvalue weighted by molar-refractivity contribution is 0.0830. The molecule has 0 amide bonds. The Kier molecular flexibility index (Phi) is 5.43. The zero-order valence-electron chi connectivity index (χ0n) is 11.1. The SMILES string of the molecule is CCc1nc(NN)c(C)c(NC(CO)(CO)CO)n1. The Morgan fingerprint density at radius 1 is 1.11 bits per heavy atom. The summed E-state index contributed by atoms with van der Waals surface area (Å²) >= 11 is 0. The number of nitrogens with zero attached hydrogens (tertiary/aromatic N) is 2. The van der Waals surface area contributed by atoms with E-state index in [0.29, 0.717) is 29.4 Å². The summed E-state index contributed by atoms with van der Waals surface area (Å²) < 4.78 is 0. The molecule has 0 fully saturated rings.